The van der Waals surface area contributed by atoms with Gasteiger partial charge in [-0.3, -0.25) is 9.98 Å². The van der Waals surface area contributed by atoms with Crippen molar-refractivity contribution in [2.45, 2.75) is 12.8 Å². The summed E-state index contributed by atoms with van der Waals surface area (Å²) >= 11 is 0. The predicted octanol–water partition coefficient (Wildman–Crippen LogP) is 2.54. The minimum atomic E-state index is 0.183. The van der Waals surface area contributed by atoms with Gasteiger partial charge in [0, 0.05) is 18.9 Å². The number of anilines is 1. The number of pyridine rings is 1. The van der Waals surface area contributed by atoms with Gasteiger partial charge in [0.05, 0.1) is 12.3 Å². The lowest BCUT2D eigenvalue weighted by Crippen LogP contribution is -2.33. The number of aliphatic imine (C=N–C) groups is 1. The Kier molecular flexibility index (Phi) is 6.42. The number of unbranched alkanes of at least 4 members (excludes halogenated alkanes) is 1. The van der Waals surface area contributed by atoms with Crippen molar-refractivity contribution in [2.75, 3.05) is 18.1 Å². The SMILES string of the molecule is N#CN(C(N)=NCCCCOc1ccccc1)c1ccncc1. The number of nitrogens with zero attached hydrogens (tertiary/aromatic N) is 4. The molecule has 0 amide bonds. The van der Waals surface area contributed by atoms with Gasteiger partial charge in [-0.1, -0.05) is 18.2 Å². The van der Waals surface area contributed by atoms with Crippen LogP contribution in [-0.2, 0) is 0 Å². The maximum atomic E-state index is 9.19. The van der Waals surface area contributed by atoms with Crippen molar-refractivity contribution in [1.29, 1.82) is 5.26 Å². The molecule has 0 saturated heterocycles. The quantitative estimate of drug-likeness (QED) is 0.279. The second kappa shape index (κ2) is 9.05. The first-order chi connectivity index (χ1) is 11.3. The lowest BCUT2D eigenvalue weighted by Gasteiger charge is -2.13. The van der Waals surface area contributed by atoms with Crippen LogP contribution in [0.4, 0.5) is 5.69 Å². The van der Waals surface area contributed by atoms with E-state index in [-0.39, 0.29) is 5.96 Å². The third-order valence-electron chi connectivity index (χ3n) is 3.09. The van der Waals surface area contributed by atoms with Crippen LogP contribution in [0.2, 0.25) is 0 Å². The Balaban J connectivity index is 1.73. The van der Waals surface area contributed by atoms with Crippen LogP contribution in [0.25, 0.3) is 0 Å². The van der Waals surface area contributed by atoms with Crippen LogP contribution in [-0.4, -0.2) is 24.1 Å². The average Bonchev–Trinajstić information content (AvgIpc) is 2.60. The van der Waals surface area contributed by atoms with Gasteiger partial charge in [-0.15, -0.1) is 0 Å². The molecule has 2 aromatic rings. The van der Waals surface area contributed by atoms with E-state index in [0.29, 0.717) is 18.8 Å². The summed E-state index contributed by atoms with van der Waals surface area (Å²) in [6.45, 7) is 1.18. The van der Waals surface area contributed by atoms with Crippen molar-refractivity contribution < 1.29 is 4.74 Å². The largest absolute Gasteiger partial charge is 0.494 e. The monoisotopic (exact) mass is 309 g/mol. The Morgan fingerprint density at radius 1 is 1.17 bits per heavy atom. The highest BCUT2D eigenvalue weighted by Gasteiger charge is 2.08. The molecular weight excluding hydrogens is 290 g/mol. The zero-order valence-corrected chi connectivity index (χ0v) is 12.8. The Morgan fingerprint density at radius 2 is 1.91 bits per heavy atom. The van der Waals surface area contributed by atoms with E-state index in [4.69, 9.17) is 10.5 Å². The molecule has 0 aliphatic heterocycles. The van der Waals surface area contributed by atoms with Crippen LogP contribution in [0.15, 0.2) is 59.9 Å². The summed E-state index contributed by atoms with van der Waals surface area (Å²) in [6.07, 6.45) is 6.93. The lowest BCUT2D eigenvalue weighted by molar-refractivity contribution is 0.308. The zero-order chi connectivity index (χ0) is 16.3. The van der Waals surface area contributed by atoms with Gasteiger partial charge in [0.2, 0.25) is 5.96 Å². The van der Waals surface area contributed by atoms with Crippen molar-refractivity contribution in [3.63, 3.8) is 0 Å². The number of nitriles is 1. The van der Waals surface area contributed by atoms with E-state index in [1.165, 1.54) is 4.90 Å². The van der Waals surface area contributed by atoms with Gasteiger partial charge in [0.1, 0.15) is 5.75 Å². The van der Waals surface area contributed by atoms with E-state index < -0.39 is 0 Å². The number of ether oxygens (including phenoxy) is 1. The molecule has 0 radical (unpaired) electrons. The van der Waals surface area contributed by atoms with Gasteiger partial charge in [-0.25, -0.2) is 4.90 Å². The molecule has 6 heteroatoms. The highest BCUT2D eigenvalue weighted by molar-refractivity contribution is 5.97. The average molecular weight is 309 g/mol. The fourth-order valence-corrected chi connectivity index (χ4v) is 1.92. The smallest absolute Gasteiger partial charge is 0.209 e. The first-order valence-electron chi connectivity index (χ1n) is 7.39. The topological polar surface area (TPSA) is 87.5 Å². The summed E-state index contributed by atoms with van der Waals surface area (Å²) < 4.78 is 5.60. The molecule has 2 N–H and O–H groups in total. The molecule has 118 valence electrons. The first kappa shape index (κ1) is 16.3. The summed E-state index contributed by atoms with van der Waals surface area (Å²) in [6, 6.07) is 13.1. The van der Waals surface area contributed by atoms with Gasteiger partial charge in [-0.2, -0.15) is 5.26 Å². The summed E-state index contributed by atoms with van der Waals surface area (Å²) in [5.41, 5.74) is 6.52. The number of nitrogens with two attached hydrogens (primary N) is 1. The molecule has 1 aromatic heterocycles. The Bertz CT molecular complexity index is 652. The van der Waals surface area contributed by atoms with Crippen molar-refractivity contribution in [2.24, 2.45) is 10.7 Å². The van der Waals surface area contributed by atoms with Crippen LogP contribution >= 0.6 is 0 Å². The number of para-hydroxylation sites is 1. The van der Waals surface area contributed by atoms with Crippen molar-refractivity contribution >= 4 is 11.6 Å². The van der Waals surface area contributed by atoms with Gasteiger partial charge in [0.25, 0.3) is 0 Å². The van der Waals surface area contributed by atoms with E-state index in [2.05, 4.69) is 9.98 Å². The standard InChI is InChI=1S/C17H19N5O/c18-14-22(15-8-11-20-12-9-15)17(19)21-10-4-5-13-23-16-6-2-1-3-7-16/h1-3,6-9,11-12H,4-5,10,13H2,(H2,19,21). The predicted molar refractivity (Wildman–Crippen MR) is 90.0 cm³/mol. The normalized spacial score (nSPS) is 10.8. The zero-order valence-electron chi connectivity index (χ0n) is 12.8. The van der Waals surface area contributed by atoms with Gasteiger partial charge in [-0.05, 0) is 37.1 Å². The van der Waals surface area contributed by atoms with E-state index in [1.54, 1.807) is 24.5 Å². The number of benzene rings is 1. The highest BCUT2D eigenvalue weighted by Crippen LogP contribution is 2.11. The summed E-state index contributed by atoms with van der Waals surface area (Å²) in [5.74, 6) is 1.05. The van der Waals surface area contributed by atoms with Gasteiger partial charge >= 0.3 is 0 Å². The van der Waals surface area contributed by atoms with Crippen molar-refractivity contribution in [1.82, 2.24) is 4.98 Å². The van der Waals surface area contributed by atoms with Crippen LogP contribution in [0.3, 0.4) is 0 Å². The molecule has 2 rings (SSSR count). The number of aromatic nitrogens is 1. The molecule has 0 fully saturated rings. The van der Waals surface area contributed by atoms with Gasteiger partial charge < -0.3 is 10.5 Å². The van der Waals surface area contributed by atoms with Crippen LogP contribution < -0.4 is 15.4 Å². The maximum absolute atomic E-state index is 9.19. The van der Waals surface area contributed by atoms with E-state index in [0.717, 1.165) is 18.6 Å². The second-order valence-electron chi connectivity index (χ2n) is 4.75. The molecular formula is C17H19N5O. The fraction of sp³-hybridized carbons (Fsp3) is 0.235. The van der Waals surface area contributed by atoms with E-state index >= 15 is 0 Å². The van der Waals surface area contributed by atoms with E-state index in [1.807, 2.05) is 36.5 Å². The minimum absolute atomic E-state index is 0.183. The summed E-state index contributed by atoms with van der Waals surface area (Å²) in [5, 5.41) is 9.19. The maximum Gasteiger partial charge on any atom is 0.209 e. The van der Waals surface area contributed by atoms with Crippen LogP contribution in [0.5, 0.6) is 5.75 Å². The summed E-state index contributed by atoms with van der Waals surface area (Å²) in [7, 11) is 0. The molecule has 1 heterocycles. The van der Waals surface area contributed by atoms with Crippen molar-refractivity contribution in [3.8, 4) is 11.9 Å². The molecule has 23 heavy (non-hydrogen) atoms. The lowest BCUT2D eigenvalue weighted by atomic mass is 10.3. The van der Waals surface area contributed by atoms with Gasteiger partial charge in [0.15, 0.2) is 6.19 Å². The number of hydrogen-bond donors (Lipinski definition) is 1. The molecule has 0 bridgehead atoms. The molecule has 0 spiro atoms. The van der Waals surface area contributed by atoms with E-state index in [9.17, 15) is 5.26 Å². The Morgan fingerprint density at radius 3 is 2.61 bits per heavy atom. The Hall–Kier alpha value is -3.07. The third-order valence-corrected chi connectivity index (χ3v) is 3.09. The number of guanidine groups is 1. The molecule has 0 saturated carbocycles. The Labute approximate surface area is 135 Å². The summed E-state index contributed by atoms with van der Waals surface area (Å²) in [4.78, 5) is 9.43. The number of hydrogen-bond acceptors (Lipinski definition) is 4. The first-order valence-corrected chi connectivity index (χ1v) is 7.39. The van der Waals surface area contributed by atoms with Crippen LogP contribution in [0.1, 0.15) is 12.8 Å². The van der Waals surface area contributed by atoms with Crippen molar-refractivity contribution in [3.05, 3.63) is 54.9 Å². The minimum Gasteiger partial charge on any atom is -0.494 e. The van der Waals surface area contributed by atoms with Crippen LogP contribution in [0, 0.1) is 11.5 Å². The molecule has 0 aliphatic rings. The molecule has 1 aromatic carbocycles. The molecule has 6 nitrogen and oxygen atoms in total. The fourth-order valence-electron chi connectivity index (χ4n) is 1.92. The second-order valence-corrected chi connectivity index (χ2v) is 4.75. The molecule has 0 atom stereocenters. The molecule has 0 aliphatic carbocycles. The third kappa shape index (κ3) is 5.32. The molecule has 0 unspecified atom stereocenters. The highest BCUT2D eigenvalue weighted by atomic mass is 16.5. The number of rotatable bonds is 7.